The van der Waals surface area contributed by atoms with Gasteiger partial charge in [-0.05, 0) is 48.9 Å². The van der Waals surface area contributed by atoms with E-state index in [1.54, 1.807) is 0 Å². The van der Waals surface area contributed by atoms with Crippen LogP contribution in [-0.4, -0.2) is 15.7 Å². The Balaban J connectivity index is 1.76. The molecule has 0 fully saturated rings. The summed E-state index contributed by atoms with van der Waals surface area (Å²) in [4.78, 5) is 9.34. The number of fused-ring (bicyclic) bond motifs is 1. The van der Waals surface area contributed by atoms with Gasteiger partial charge in [0.05, 0.1) is 16.3 Å². The zero-order valence-corrected chi connectivity index (χ0v) is 16.5. The zero-order valence-electron chi connectivity index (χ0n) is 15.0. The standard InChI is InChI=1S/C22H16Cl2N4/c1-14(15-10-12-16(23)13-11-15)27-28-22-18-7-3-5-9-20(18)25-21(26-22)17-6-2-4-8-19(17)24/h2-13H,1H3,(H,25,26,28)/b27-14+. The van der Waals surface area contributed by atoms with Crippen molar-refractivity contribution in [1.29, 1.82) is 0 Å². The molecule has 6 heteroatoms. The Labute approximate surface area is 172 Å². The van der Waals surface area contributed by atoms with Crippen LogP contribution in [0, 0.1) is 0 Å². The van der Waals surface area contributed by atoms with E-state index in [0.29, 0.717) is 21.7 Å². The van der Waals surface area contributed by atoms with Crippen molar-refractivity contribution in [3.05, 3.63) is 88.4 Å². The van der Waals surface area contributed by atoms with Crippen LogP contribution in [0.1, 0.15) is 12.5 Å². The summed E-state index contributed by atoms with van der Waals surface area (Å²) in [6.07, 6.45) is 0. The number of halogens is 2. The van der Waals surface area contributed by atoms with E-state index in [1.807, 2.05) is 79.7 Å². The number of hydrazone groups is 1. The molecular formula is C22H16Cl2N4. The number of para-hydroxylation sites is 1. The lowest BCUT2D eigenvalue weighted by atomic mass is 10.1. The van der Waals surface area contributed by atoms with Crippen molar-refractivity contribution >= 4 is 45.6 Å². The van der Waals surface area contributed by atoms with Crippen molar-refractivity contribution in [3.63, 3.8) is 0 Å². The summed E-state index contributed by atoms with van der Waals surface area (Å²) in [5, 5.41) is 6.67. The summed E-state index contributed by atoms with van der Waals surface area (Å²) in [5.41, 5.74) is 6.47. The molecule has 0 aliphatic heterocycles. The molecule has 4 rings (SSSR count). The number of anilines is 1. The van der Waals surface area contributed by atoms with E-state index in [-0.39, 0.29) is 0 Å². The summed E-state index contributed by atoms with van der Waals surface area (Å²) < 4.78 is 0. The van der Waals surface area contributed by atoms with Crippen molar-refractivity contribution in [3.8, 4) is 11.4 Å². The maximum atomic E-state index is 6.34. The first-order valence-electron chi connectivity index (χ1n) is 8.70. The molecule has 4 nitrogen and oxygen atoms in total. The van der Waals surface area contributed by atoms with Crippen molar-refractivity contribution in [2.45, 2.75) is 6.92 Å². The summed E-state index contributed by atoms with van der Waals surface area (Å²) in [6.45, 7) is 1.93. The number of aromatic nitrogens is 2. The highest BCUT2D eigenvalue weighted by molar-refractivity contribution is 6.33. The first kappa shape index (κ1) is 18.4. The molecule has 1 N–H and O–H groups in total. The zero-order chi connectivity index (χ0) is 19.5. The summed E-state index contributed by atoms with van der Waals surface area (Å²) >= 11 is 12.3. The average Bonchev–Trinajstić information content (AvgIpc) is 2.72. The van der Waals surface area contributed by atoms with E-state index in [4.69, 9.17) is 23.2 Å². The second-order valence-corrected chi connectivity index (χ2v) is 7.05. The van der Waals surface area contributed by atoms with Crippen LogP contribution in [0.4, 0.5) is 5.82 Å². The van der Waals surface area contributed by atoms with Crippen molar-refractivity contribution < 1.29 is 0 Å². The lowest BCUT2D eigenvalue weighted by Crippen LogP contribution is -2.03. The van der Waals surface area contributed by atoms with Gasteiger partial charge in [-0.2, -0.15) is 5.10 Å². The fraction of sp³-hybridized carbons (Fsp3) is 0.0455. The average molecular weight is 407 g/mol. The molecule has 0 spiro atoms. The lowest BCUT2D eigenvalue weighted by molar-refractivity contribution is 1.18. The number of nitrogens with one attached hydrogen (secondary N) is 1. The van der Waals surface area contributed by atoms with Crippen LogP contribution in [0.3, 0.4) is 0 Å². The van der Waals surface area contributed by atoms with E-state index < -0.39 is 0 Å². The largest absolute Gasteiger partial charge is 0.260 e. The Kier molecular flexibility index (Phi) is 5.24. The number of nitrogens with zero attached hydrogens (tertiary/aromatic N) is 3. The van der Waals surface area contributed by atoms with E-state index >= 15 is 0 Å². The van der Waals surface area contributed by atoms with Gasteiger partial charge in [-0.3, -0.25) is 5.43 Å². The molecular weight excluding hydrogens is 391 g/mol. The van der Waals surface area contributed by atoms with Crippen molar-refractivity contribution in [1.82, 2.24) is 9.97 Å². The Morgan fingerprint density at radius 2 is 1.57 bits per heavy atom. The number of hydrogen-bond donors (Lipinski definition) is 1. The van der Waals surface area contributed by atoms with Crippen LogP contribution in [-0.2, 0) is 0 Å². The Morgan fingerprint density at radius 1 is 0.857 bits per heavy atom. The monoisotopic (exact) mass is 406 g/mol. The van der Waals surface area contributed by atoms with Crippen LogP contribution in [0.2, 0.25) is 10.0 Å². The minimum Gasteiger partial charge on any atom is -0.260 e. The van der Waals surface area contributed by atoms with Crippen LogP contribution in [0.25, 0.3) is 22.3 Å². The van der Waals surface area contributed by atoms with Gasteiger partial charge in [-0.25, -0.2) is 9.97 Å². The SMILES string of the molecule is C/C(=N\Nc1nc(-c2ccccc2Cl)nc2ccccc12)c1ccc(Cl)cc1. The van der Waals surface area contributed by atoms with Crippen LogP contribution in [0.5, 0.6) is 0 Å². The molecule has 0 aliphatic rings. The molecule has 0 unspecified atom stereocenters. The Morgan fingerprint density at radius 3 is 2.36 bits per heavy atom. The maximum absolute atomic E-state index is 6.34. The van der Waals surface area contributed by atoms with Crippen molar-refractivity contribution in [2.75, 3.05) is 5.43 Å². The highest BCUT2D eigenvalue weighted by Gasteiger charge is 2.11. The van der Waals surface area contributed by atoms with Gasteiger partial charge in [0.2, 0.25) is 0 Å². The van der Waals surface area contributed by atoms with Gasteiger partial charge in [-0.1, -0.05) is 59.6 Å². The first-order chi connectivity index (χ1) is 13.6. The molecule has 1 heterocycles. The maximum Gasteiger partial charge on any atom is 0.163 e. The van der Waals surface area contributed by atoms with Gasteiger partial charge < -0.3 is 0 Å². The molecule has 3 aromatic carbocycles. The van der Waals surface area contributed by atoms with Gasteiger partial charge in [-0.15, -0.1) is 0 Å². The molecule has 0 saturated heterocycles. The molecule has 0 aliphatic carbocycles. The Hall–Kier alpha value is -2.95. The second kappa shape index (κ2) is 7.97. The molecule has 0 atom stereocenters. The van der Waals surface area contributed by atoms with Gasteiger partial charge in [0, 0.05) is 16.0 Å². The third kappa shape index (κ3) is 3.84. The predicted octanol–water partition coefficient (Wildman–Crippen LogP) is 6.44. The van der Waals surface area contributed by atoms with Gasteiger partial charge in [0.15, 0.2) is 11.6 Å². The number of benzene rings is 3. The number of rotatable bonds is 4. The van der Waals surface area contributed by atoms with Crippen LogP contribution >= 0.6 is 23.2 Å². The fourth-order valence-corrected chi connectivity index (χ4v) is 3.16. The molecule has 138 valence electrons. The van der Waals surface area contributed by atoms with Crippen molar-refractivity contribution in [2.24, 2.45) is 5.10 Å². The van der Waals surface area contributed by atoms with Gasteiger partial charge >= 0.3 is 0 Å². The van der Waals surface area contributed by atoms with Gasteiger partial charge in [0.25, 0.3) is 0 Å². The summed E-state index contributed by atoms with van der Waals surface area (Å²) in [5.74, 6) is 1.17. The lowest BCUT2D eigenvalue weighted by Gasteiger charge is -2.10. The summed E-state index contributed by atoms with van der Waals surface area (Å²) in [7, 11) is 0. The van der Waals surface area contributed by atoms with E-state index in [1.165, 1.54) is 0 Å². The minimum absolute atomic E-state index is 0.547. The molecule has 1 aromatic heterocycles. The molecule has 0 radical (unpaired) electrons. The predicted molar refractivity (Wildman–Crippen MR) is 117 cm³/mol. The first-order valence-corrected chi connectivity index (χ1v) is 9.45. The smallest absolute Gasteiger partial charge is 0.163 e. The third-order valence-corrected chi connectivity index (χ3v) is 4.89. The highest BCUT2D eigenvalue weighted by atomic mass is 35.5. The topological polar surface area (TPSA) is 50.2 Å². The molecule has 0 saturated carbocycles. The summed E-state index contributed by atoms with van der Waals surface area (Å²) in [6, 6.07) is 22.8. The molecule has 4 aromatic rings. The molecule has 0 amide bonds. The third-order valence-electron chi connectivity index (χ3n) is 4.31. The van der Waals surface area contributed by atoms with E-state index in [2.05, 4.69) is 20.5 Å². The normalized spacial score (nSPS) is 11.6. The van der Waals surface area contributed by atoms with Gasteiger partial charge in [0.1, 0.15) is 0 Å². The van der Waals surface area contributed by atoms with Crippen LogP contribution in [0.15, 0.2) is 77.9 Å². The highest BCUT2D eigenvalue weighted by Crippen LogP contribution is 2.29. The van der Waals surface area contributed by atoms with E-state index in [0.717, 1.165) is 27.7 Å². The quantitative estimate of drug-likeness (QED) is 0.313. The second-order valence-electron chi connectivity index (χ2n) is 6.21. The Bertz CT molecular complexity index is 1170. The molecule has 0 bridgehead atoms. The van der Waals surface area contributed by atoms with Crippen LogP contribution < -0.4 is 5.43 Å². The molecule has 28 heavy (non-hydrogen) atoms. The minimum atomic E-state index is 0.547. The number of hydrogen-bond acceptors (Lipinski definition) is 4. The van der Waals surface area contributed by atoms with E-state index in [9.17, 15) is 0 Å². The fourth-order valence-electron chi connectivity index (χ4n) is 2.82.